The van der Waals surface area contributed by atoms with Crippen molar-refractivity contribution in [2.45, 2.75) is 44.7 Å². The molecule has 0 aliphatic heterocycles. The van der Waals surface area contributed by atoms with E-state index in [-0.39, 0.29) is 30.8 Å². The van der Waals surface area contributed by atoms with E-state index >= 15 is 0 Å². The Balaban J connectivity index is 1.75. The Bertz CT molecular complexity index is 1270. The molecule has 1 aliphatic rings. The van der Waals surface area contributed by atoms with Gasteiger partial charge >= 0.3 is 5.69 Å². The van der Waals surface area contributed by atoms with Gasteiger partial charge in [0, 0.05) is 13.1 Å². The van der Waals surface area contributed by atoms with E-state index in [1.165, 1.54) is 4.57 Å². The first-order valence-electron chi connectivity index (χ1n) is 10.8. The van der Waals surface area contributed by atoms with Crippen LogP contribution in [0.3, 0.4) is 0 Å². The van der Waals surface area contributed by atoms with Crippen LogP contribution in [0.4, 0.5) is 0 Å². The zero-order chi connectivity index (χ0) is 22.7. The number of carbonyl (C=O) groups is 2. The van der Waals surface area contributed by atoms with Crippen molar-refractivity contribution in [3.8, 4) is 5.69 Å². The summed E-state index contributed by atoms with van der Waals surface area (Å²) in [6, 6.07) is 13.6. The maximum absolute atomic E-state index is 13.4. The lowest BCUT2D eigenvalue weighted by Gasteiger charge is -2.16. The van der Waals surface area contributed by atoms with Gasteiger partial charge in [0.2, 0.25) is 11.8 Å². The molecule has 4 rings (SSSR count). The molecule has 2 aromatic carbocycles. The molecule has 8 nitrogen and oxygen atoms in total. The van der Waals surface area contributed by atoms with Crippen LogP contribution in [0.15, 0.2) is 58.1 Å². The van der Waals surface area contributed by atoms with Crippen molar-refractivity contribution in [2.24, 2.45) is 0 Å². The van der Waals surface area contributed by atoms with E-state index in [0.29, 0.717) is 16.6 Å². The fourth-order valence-electron chi connectivity index (χ4n) is 4.23. The van der Waals surface area contributed by atoms with Crippen molar-refractivity contribution in [2.75, 3.05) is 7.05 Å². The van der Waals surface area contributed by atoms with Crippen molar-refractivity contribution in [1.29, 1.82) is 0 Å². The van der Waals surface area contributed by atoms with Gasteiger partial charge in [0.25, 0.3) is 5.56 Å². The van der Waals surface area contributed by atoms with Gasteiger partial charge in [0.05, 0.1) is 23.0 Å². The third-order valence-corrected chi connectivity index (χ3v) is 5.91. The molecular formula is C24H26N4O4. The number of hydrogen-bond donors (Lipinski definition) is 2. The summed E-state index contributed by atoms with van der Waals surface area (Å²) < 4.78 is 2.42. The third-order valence-electron chi connectivity index (χ3n) is 5.91. The van der Waals surface area contributed by atoms with Crippen LogP contribution < -0.4 is 21.9 Å². The highest BCUT2D eigenvalue weighted by molar-refractivity contribution is 5.82. The summed E-state index contributed by atoms with van der Waals surface area (Å²) in [6.07, 6.45) is 4.28. The third kappa shape index (κ3) is 4.34. The Kier molecular flexibility index (Phi) is 6.20. The molecule has 0 spiro atoms. The van der Waals surface area contributed by atoms with Crippen molar-refractivity contribution in [1.82, 2.24) is 19.8 Å². The number of amides is 2. The number of nitrogens with one attached hydrogen (secondary N) is 2. The van der Waals surface area contributed by atoms with Gasteiger partial charge in [-0.25, -0.2) is 9.36 Å². The number of nitrogens with zero attached hydrogens (tertiary/aromatic N) is 2. The number of aromatic nitrogens is 2. The van der Waals surface area contributed by atoms with Crippen LogP contribution in [0.25, 0.3) is 16.6 Å². The van der Waals surface area contributed by atoms with E-state index in [4.69, 9.17) is 0 Å². The molecule has 0 saturated heterocycles. The highest BCUT2D eigenvalue weighted by Crippen LogP contribution is 2.17. The maximum atomic E-state index is 13.4. The number of fused-ring (bicyclic) bond motifs is 1. The lowest BCUT2D eigenvalue weighted by molar-refractivity contribution is -0.122. The van der Waals surface area contributed by atoms with Crippen LogP contribution in [-0.2, 0) is 22.6 Å². The largest absolute Gasteiger partial charge is 0.359 e. The predicted molar refractivity (Wildman–Crippen MR) is 122 cm³/mol. The number of carbonyl (C=O) groups excluding carboxylic acids is 2. The second-order valence-electron chi connectivity index (χ2n) is 8.09. The van der Waals surface area contributed by atoms with Crippen LogP contribution >= 0.6 is 0 Å². The van der Waals surface area contributed by atoms with E-state index in [1.807, 2.05) is 0 Å². The summed E-state index contributed by atoms with van der Waals surface area (Å²) >= 11 is 0. The number of benzene rings is 2. The van der Waals surface area contributed by atoms with Crippen LogP contribution in [-0.4, -0.2) is 34.0 Å². The van der Waals surface area contributed by atoms with Crippen LogP contribution in [0.5, 0.6) is 0 Å². The van der Waals surface area contributed by atoms with Gasteiger partial charge in [-0.3, -0.25) is 19.0 Å². The number of para-hydroxylation sites is 1. The normalized spacial score (nSPS) is 13.9. The van der Waals surface area contributed by atoms with Crippen LogP contribution in [0.1, 0.15) is 31.2 Å². The predicted octanol–water partition coefficient (Wildman–Crippen LogP) is 1.50. The molecule has 32 heavy (non-hydrogen) atoms. The molecule has 1 aliphatic carbocycles. The summed E-state index contributed by atoms with van der Waals surface area (Å²) in [7, 11) is 1.57. The molecule has 0 radical (unpaired) electrons. The first-order valence-corrected chi connectivity index (χ1v) is 10.8. The van der Waals surface area contributed by atoms with E-state index in [0.717, 1.165) is 35.8 Å². The monoisotopic (exact) mass is 434 g/mol. The van der Waals surface area contributed by atoms with Gasteiger partial charge in [-0.05, 0) is 42.7 Å². The zero-order valence-electron chi connectivity index (χ0n) is 18.0. The van der Waals surface area contributed by atoms with Crippen molar-refractivity contribution in [3.63, 3.8) is 0 Å². The molecule has 2 amide bonds. The van der Waals surface area contributed by atoms with Gasteiger partial charge in [0.1, 0.15) is 6.54 Å². The molecular weight excluding hydrogens is 408 g/mol. The SMILES string of the molecule is CNC(=O)Cc1ccc(-n2c(=O)c3ccccc3n(CC(=O)NC3CCCC3)c2=O)cc1. The number of hydrogen-bond acceptors (Lipinski definition) is 4. The standard InChI is InChI=1S/C24H26N4O4/c1-25-21(29)14-16-10-12-18(13-11-16)28-23(31)19-8-4-5-9-20(19)27(24(28)32)15-22(30)26-17-6-2-3-7-17/h4-5,8-13,17H,2-3,6-7,14-15H2,1H3,(H,25,29)(H,26,30). The second-order valence-corrected chi connectivity index (χ2v) is 8.09. The Morgan fingerprint density at radius 1 is 0.969 bits per heavy atom. The lowest BCUT2D eigenvalue weighted by Crippen LogP contribution is -2.43. The van der Waals surface area contributed by atoms with Gasteiger partial charge in [-0.2, -0.15) is 0 Å². The second kappa shape index (κ2) is 9.21. The van der Waals surface area contributed by atoms with E-state index in [2.05, 4.69) is 10.6 Å². The Morgan fingerprint density at radius 2 is 1.66 bits per heavy atom. The molecule has 2 N–H and O–H groups in total. The molecule has 8 heteroatoms. The van der Waals surface area contributed by atoms with Gasteiger partial charge < -0.3 is 10.6 Å². The van der Waals surface area contributed by atoms with E-state index in [9.17, 15) is 19.2 Å². The number of likely N-dealkylation sites (N-methyl/N-ethyl adjacent to an activating group) is 1. The minimum Gasteiger partial charge on any atom is -0.359 e. The smallest absolute Gasteiger partial charge is 0.336 e. The van der Waals surface area contributed by atoms with Crippen molar-refractivity contribution < 1.29 is 9.59 Å². The average molecular weight is 434 g/mol. The Hall–Kier alpha value is -3.68. The van der Waals surface area contributed by atoms with Gasteiger partial charge in [0.15, 0.2) is 0 Å². The minimum absolute atomic E-state index is 0.128. The van der Waals surface area contributed by atoms with Gasteiger partial charge in [-0.1, -0.05) is 37.1 Å². The molecule has 0 unspecified atom stereocenters. The van der Waals surface area contributed by atoms with Crippen LogP contribution in [0, 0.1) is 0 Å². The summed E-state index contributed by atoms with van der Waals surface area (Å²) in [5, 5.41) is 5.92. The molecule has 166 valence electrons. The Labute approximate surface area is 184 Å². The summed E-state index contributed by atoms with van der Waals surface area (Å²) in [6.45, 7) is -0.162. The molecule has 1 saturated carbocycles. The van der Waals surface area contributed by atoms with E-state index < -0.39 is 11.2 Å². The van der Waals surface area contributed by atoms with Gasteiger partial charge in [-0.15, -0.1) is 0 Å². The molecule has 3 aromatic rings. The summed E-state index contributed by atoms with van der Waals surface area (Å²) in [4.78, 5) is 50.8. The first-order chi connectivity index (χ1) is 15.5. The molecule has 1 heterocycles. The topological polar surface area (TPSA) is 102 Å². The Morgan fingerprint density at radius 3 is 2.34 bits per heavy atom. The zero-order valence-corrected chi connectivity index (χ0v) is 18.0. The van der Waals surface area contributed by atoms with E-state index in [1.54, 1.807) is 55.6 Å². The summed E-state index contributed by atoms with van der Waals surface area (Å²) in [5.74, 6) is -0.369. The lowest BCUT2D eigenvalue weighted by atomic mass is 10.1. The average Bonchev–Trinajstić information content (AvgIpc) is 3.30. The summed E-state index contributed by atoms with van der Waals surface area (Å²) in [5.41, 5.74) is 0.553. The van der Waals surface area contributed by atoms with Crippen molar-refractivity contribution >= 4 is 22.7 Å². The molecule has 0 bridgehead atoms. The fraction of sp³-hybridized carbons (Fsp3) is 0.333. The molecule has 1 aromatic heterocycles. The van der Waals surface area contributed by atoms with Crippen LogP contribution in [0.2, 0.25) is 0 Å². The maximum Gasteiger partial charge on any atom is 0.336 e. The van der Waals surface area contributed by atoms with Crippen molar-refractivity contribution in [3.05, 3.63) is 74.9 Å². The molecule has 1 fully saturated rings. The first kappa shape index (κ1) is 21.5. The molecule has 0 atom stereocenters. The minimum atomic E-state index is -0.575. The number of rotatable bonds is 6. The highest BCUT2D eigenvalue weighted by Gasteiger charge is 2.20. The fourth-order valence-corrected chi connectivity index (χ4v) is 4.23. The quantitative estimate of drug-likeness (QED) is 0.614. The highest BCUT2D eigenvalue weighted by atomic mass is 16.2.